The third-order valence-corrected chi connectivity index (χ3v) is 4.64. The number of rotatable bonds is 5. The van der Waals surface area contributed by atoms with Gasteiger partial charge in [0, 0.05) is 13.1 Å². The molecular weight excluding hydrogens is 262 g/mol. The number of hydrogen-bond acceptors (Lipinski definition) is 3. The summed E-state index contributed by atoms with van der Waals surface area (Å²) in [7, 11) is 0. The summed E-state index contributed by atoms with van der Waals surface area (Å²) in [6, 6.07) is 11.0. The van der Waals surface area contributed by atoms with Gasteiger partial charge in [0.25, 0.3) is 0 Å². The Morgan fingerprint density at radius 1 is 1.24 bits per heavy atom. The van der Waals surface area contributed by atoms with Crippen molar-refractivity contribution in [3.8, 4) is 0 Å². The SMILES string of the molecule is O=C(NC1CNC1)C1CC(CCc2ccccc2)CCN1. The van der Waals surface area contributed by atoms with Crippen molar-refractivity contribution in [1.29, 1.82) is 0 Å². The Labute approximate surface area is 126 Å². The Hall–Kier alpha value is -1.39. The number of benzene rings is 1. The molecule has 2 aliphatic rings. The van der Waals surface area contributed by atoms with E-state index in [1.54, 1.807) is 0 Å². The van der Waals surface area contributed by atoms with E-state index >= 15 is 0 Å². The molecule has 0 saturated carbocycles. The van der Waals surface area contributed by atoms with Crippen LogP contribution in [-0.2, 0) is 11.2 Å². The van der Waals surface area contributed by atoms with Crippen molar-refractivity contribution in [3.05, 3.63) is 35.9 Å². The Balaban J connectivity index is 1.45. The first-order valence-electron chi connectivity index (χ1n) is 8.09. The number of hydrogen-bond donors (Lipinski definition) is 3. The van der Waals surface area contributed by atoms with Crippen LogP contribution < -0.4 is 16.0 Å². The monoisotopic (exact) mass is 287 g/mol. The van der Waals surface area contributed by atoms with Crippen molar-refractivity contribution in [2.45, 2.75) is 37.8 Å². The minimum atomic E-state index is 0.000114. The van der Waals surface area contributed by atoms with Gasteiger partial charge in [-0.15, -0.1) is 0 Å². The molecule has 2 unspecified atom stereocenters. The fraction of sp³-hybridized carbons (Fsp3) is 0.588. The lowest BCUT2D eigenvalue weighted by Gasteiger charge is -2.33. The summed E-state index contributed by atoms with van der Waals surface area (Å²) in [5.41, 5.74) is 1.40. The van der Waals surface area contributed by atoms with Crippen LogP contribution in [0.5, 0.6) is 0 Å². The van der Waals surface area contributed by atoms with Gasteiger partial charge in [0.05, 0.1) is 12.1 Å². The van der Waals surface area contributed by atoms with Gasteiger partial charge in [-0.1, -0.05) is 30.3 Å². The molecule has 2 aliphatic heterocycles. The lowest BCUT2D eigenvalue weighted by Crippen LogP contribution is -2.60. The molecule has 1 amide bonds. The molecule has 0 bridgehead atoms. The molecule has 4 nitrogen and oxygen atoms in total. The van der Waals surface area contributed by atoms with E-state index in [0.717, 1.165) is 32.5 Å². The van der Waals surface area contributed by atoms with Crippen LogP contribution in [0.2, 0.25) is 0 Å². The quantitative estimate of drug-likeness (QED) is 0.759. The molecule has 3 rings (SSSR count). The lowest BCUT2D eigenvalue weighted by molar-refractivity contribution is -0.125. The van der Waals surface area contributed by atoms with E-state index in [1.165, 1.54) is 18.4 Å². The van der Waals surface area contributed by atoms with E-state index in [9.17, 15) is 4.79 Å². The molecule has 1 aromatic rings. The smallest absolute Gasteiger partial charge is 0.237 e. The van der Waals surface area contributed by atoms with Gasteiger partial charge in [-0.3, -0.25) is 4.79 Å². The van der Waals surface area contributed by atoms with E-state index in [0.29, 0.717) is 12.0 Å². The highest BCUT2D eigenvalue weighted by molar-refractivity contribution is 5.82. The number of carbonyl (C=O) groups is 1. The van der Waals surface area contributed by atoms with Crippen LogP contribution in [0.25, 0.3) is 0 Å². The highest BCUT2D eigenvalue weighted by atomic mass is 16.2. The van der Waals surface area contributed by atoms with Crippen molar-refractivity contribution >= 4 is 5.91 Å². The highest BCUT2D eigenvalue weighted by Gasteiger charge is 2.29. The third-order valence-electron chi connectivity index (χ3n) is 4.64. The highest BCUT2D eigenvalue weighted by Crippen LogP contribution is 2.22. The standard InChI is InChI=1S/C17H25N3O/c21-17(20-15-11-18-12-15)16-10-14(8-9-19-16)7-6-13-4-2-1-3-5-13/h1-5,14-16,18-19H,6-12H2,(H,20,21). The first kappa shape index (κ1) is 14.5. The average molecular weight is 287 g/mol. The van der Waals surface area contributed by atoms with Crippen LogP contribution in [-0.4, -0.2) is 37.6 Å². The van der Waals surface area contributed by atoms with E-state index in [-0.39, 0.29) is 11.9 Å². The zero-order valence-electron chi connectivity index (χ0n) is 12.5. The largest absolute Gasteiger partial charge is 0.349 e. The predicted octanol–water partition coefficient (Wildman–Crippen LogP) is 1.08. The first-order chi connectivity index (χ1) is 10.3. The maximum absolute atomic E-state index is 12.2. The average Bonchev–Trinajstić information content (AvgIpc) is 2.50. The molecule has 2 saturated heterocycles. The van der Waals surface area contributed by atoms with E-state index in [1.807, 2.05) is 0 Å². The van der Waals surface area contributed by atoms with Crippen LogP contribution in [0.1, 0.15) is 24.8 Å². The molecule has 2 fully saturated rings. The normalized spacial score (nSPS) is 26.1. The molecule has 1 aromatic carbocycles. The summed E-state index contributed by atoms with van der Waals surface area (Å²) in [5.74, 6) is 0.840. The van der Waals surface area contributed by atoms with E-state index < -0.39 is 0 Å². The Morgan fingerprint density at radius 3 is 2.76 bits per heavy atom. The van der Waals surface area contributed by atoms with Crippen molar-refractivity contribution in [2.75, 3.05) is 19.6 Å². The lowest BCUT2D eigenvalue weighted by atomic mass is 9.87. The van der Waals surface area contributed by atoms with Crippen molar-refractivity contribution in [2.24, 2.45) is 5.92 Å². The van der Waals surface area contributed by atoms with Crippen LogP contribution in [0.4, 0.5) is 0 Å². The summed E-state index contributed by atoms with van der Waals surface area (Å²) in [4.78, 5) is 12.2. The Bertz CT molecular complexity index is 458. The van der Waals surface area contributed by atoms with E-state index in [4.69, 9.17) is 0 Å². The number of piperidine rings is 1. The van der Waals surface area contributed by atoms with Crippen LogP contribution in [0.15, 0.2) is 30.3 Å². The molecule has 0 aromatic heterocycles. The van der Waals surface area contributed by atoms with Crippen molar-refractivity contribution < 1.29 is 4.79 Å². The zero-order chi connectivity index (χ0) is 14.5. The molecule has 114 valence electrons. The van der Waals surface area contributed by atoms with E-state index in [2.05, 4.69) is 46.3 Å². The van der Waals surface area contributed by atoms with Gasteiger partial charge < -0.3 is 16.0 Å². The van der Waals surface area contributed by atoms with Gasteiger partial charge in [-0.2, -0.15) is 0 Å². The molecule has 0 aliphatic carbocycles. The van der Waals surface area contributed by atoms with Crippen LogP contribution in [0.3, 0.4) is 0 Å². The number of aryl methyl sites for hydroxylation is 1. The summed E-state index contributed by atoms with van der Waals surface area (Å²) in [6.07, 6.45) is 4.45. The zero-order valence-corrected chi connectivity index (χ0v) is 12.5. The fourth-order valence-electron chi connectivity index (χ4n) is 3.17. The first-order valence-corrected chi connectivity index (χ1v) is 8.09. The number of nitrogens with one attached hydrogen (secondary N) is 3. The van der Waals surface area contributed by atoms with Gasteiger partial charge in [-0.25, -0.2) is 0 Å². The maximum Gasteiger partial charge on any atom is 0.237 e. The summed E-state index contributed by atoms with van der Waals surface area (Å²) >= 11 is 0. The Kier molecular flexibility index (Phi) is 4.88. The molecule has 2 atom stereocenters. The maximum atomic E-state index is 12.2. The van der Waals surface area contributed by atoms with Crippen molar-refractivity contribution in [3.63, 3.8) is 0 Å². The molecule has 2 heterocycles. The molecule has 4 heteroatoms. The third kappa shape index (κ3) is 4.05. The molecule has 21 heavy (non-hydrogen) atoms. The molecule has 0 radical (unpaired) electrons. The van der Waals surface area contributed by atoms with Gasteiger partial charge in [0.15, 0.2) is 0 Å². The second kappa shape index (κ2) is 7.05. The van der Waals surface area contributed by atoms with Crippen LogP contribution in [0, 0.1) is 5.92 Å². The minimum Gasteiger partial charge on any atom is -0.349 e. The van der Waals surface area contributed by atoms with Crippen molar-refractivity contribution in [1.82, 2.24) is 16.0 Å². The van der Waals surface area contributed by atoms with Gasteiger partial charge >= 0.3 is 0 Å². The second-order valence-corrected chi connectivity index (χ2v) is 6.29. The molecule has 3 N–H and O–H groups in total. The van der Waals surface area contributed by atoms with Gasteiger partial charge in [0.2, 0.25) is 5.91 Å². The number of carbonyl (C=O) groups excluding carboxylic acids is 1. The topological polar surface area (TPSA) is 53.2 Å². The number of amides is 1. The second-order valence-electron chi connectivity index (χ2n) is 6.29. The molecule has 0 spiro atoms. The van der Waals surface area contributed by atoms with Gasteiger partial charge in [0.1, 0.15) is 0 Å². The summed E-state index contributed by atoms with van der Waals surface area (Å²) in [5, 5.41) is 9.67. The Morgan fingerprint density at radius 2 is 2.05 bits per heavy atom. The summed E-state index contributed by atoms with van der Waals surface area (Å²) in [6.45, 7) is 2.78. The summed E-state index contributed by atoms with van der Waals surface area (Å²) < 4.78 is 0. The van der Waals surface area contributed by atoms with Crippen LogP contribution >= 0.6 is 0 Å². The fourth-order valence-corrected chi connectivity index (χ4v) is 3.17. The predicted molar refractivity (Wildman–Crippen MR) is 84.1 cm³/mol. The molecular formula is C17H25N3O. The van der Waals surface area contributed by atoms with Gasteiger partial charge in [-0.05, 0) is 43.7 Å². The minimum absolute atomic E-state index is 0.000114.